The molecule has 1 fully saturated rings. The summed E-state index contributed by atoms with van der Waals surface area (Å²) in [7, 11) is 0. The Morgan fingerprint density at radius 1 is 1.25 bits per heavy atom. The minimum atomic E-state index is 0.132. The van der Waals surface area contributed by atoms with Crippen LogP contribution in [0.3, 0.4) is 0 Å². The predicted octanol–water partition coefficient (Wildman–Crippen LogP) is 2.84. The summed E-state index contributed by atoms with van der Waals surface area (Å²) >= 11 is 0. The number of hydrogen-bond acceptors (Lipinski definition) is 2. The van der Waals surface area contributed by atoms with Crippen LogP contribution in [0.15, 0.2) is 18.2 Å². The van der Waals surface area contributed by atoms with E-state index in [1.807, 2.05) is 0 Å². The van der Waals surface area contributed by atoms with Crippen molar-refractivity contribution >= 4 is 5.91 Å². The third kappa shape index (κ3) is 2.88. The fourth-order valence-corrected chi connectivity index (χ4v) is 3.44. The number of amides is 1. The van der Waals surface area contributed by atoms with Gasteiger partial charge in [0.25, 0.3) is 0 Å². The second kappa shape index (κ2) is 5.96. The Labute approximate surface area is 121 Å². The Bertz CT molecular complexity index is 492. The summed E-state index contributed by atoms with van der Waals surface area (Å²) in [5, 5.41) is 6.67. The Balaban J connectivity index is 1.72. The van der Waals surface area contributed by atoms with E-state index in [9.17, 15) is 4.79 Å². The van der Waals surface area contributed by atoms with Gasteiger partial charge >= 0.3 is 0 Å². The average Bonchev–Trinajstić information content (AvgIpc) is 2.49. The number of rotatable bonds is 2. The van der Waals surface area contributed by atoms with Crippen LogP contribution in [-0.2, 0) is 11.3 Å². The van der Waals surface area contributed by atoms with Crippen molar-refractivity contribution in [3.8, 4) is 0 Å². The van der Waals surface area contributed by atoms with Crippen LogP contribution >= 0.6 is 0 Å². The lowest BCUT2D eigenvalue weighted by molar-refractivity contribution is -0.126. The van der Waals surface area contributed by atoms with Gasteiger partial charge in [0, 0.05) is 19.0 Å². The van der Waals surface area contributed by atoms with Crippen LogP contribution in [0.5, 0.6) is 0 Å². The van der Waals surface area contributed by atoms with E-state index in [1.165, 1.54) is 36.0 Å². The van der Waals surface area contributed by atoms with Gasteiger partial charge in [-0.15, -0.1) is 0 Å². The lowest BCUT2D eigenvalue weighted by Gasteiger charge is -2.30. The van der Waals surface area contributed by atoms with Crippen LogP contribution < -0.4 is 10.6 Å². The van der Waals surface area contributed by atoms with Crippen molar-refractivity contribution in [2.45, 2.75) is 51.6 Å². The molecule has 3 heteroatoms. The van der Waals surface area contributed by atoms with Crippen molar-refractivity contribution in [3.05, 3.63) is 34.9 Å². The van der Waals surface area contributed by atoms with E-state index >= 15 is 0 Å². The molecule has 3 nitrogen and oxygen atoms in total. The van der Waals surface area contributed by atoms with E-state index in [0.29, 0.717) is 0 Å². The third-order valence-electron chi connectivity index (χ3n) is 4.63. The number of benzene rings is 1. The van der Waals surface area contributed by atoms with Gasteiger partial charge in [-0.1, -0.05) is 43.0 Å². The molecule has 0 aromatic heterocycles. The van der Waals surface area contributed by atoms with Gasteiger partial charge in [0.15, 0.2) is 0 Å². The molecule has 0 spiro atoms. The minimum absolute atomic E-state index is 0.132. The van der Waals surface area contributed by atoms with Gasteiger partial charge in [-0.3, -0.25) is 4.79 Å². The summed E-state index contributed by atoms with van der Waals surface area (Å²) in [5.74, 6) is 0.491. The van der Waals surface area contributed by atoms with E-state index in [-0.39, 0.29) is 17.9 Å². The van der Waals surface area contributed by atoms with Crippen LogP contribution in [0.4, 0.5) is 0 Å². The molecular formula is C17H24N2O. The van der Waals surface area contributed by atoms with Gasteiger partial charge < -0.3 is 10.6 Å². The average molecular weight is 272 g/mol. The highest BCUT2D eigenvalue weighted by molar-refractivity contribution is 5.79. The lowest BCUT2D eigenvalue weighted by atomic mass is 9.88. The van der Waals surface area contributed by atoms with Gasteiger partial charge in [-0.2, -0.15) is 0 Å². The zero-order valence-corrected chi connectivity index (χ0v) is 12.2. The summed E-state index contributed by atoms with van der Waals surface area (Å²) in [4.78, 5) is 12.4. The molecule has 108 valence electrons. The highest BCUT2D eigenvalue weighted by Gasteiger charge is 2.26. The summed E-state index contributed by atoms with van der Waals surface area (Å²) in [6.45, 7) is 3.86. The fourth-order valence-electron chi connectivity index (χ4n) is 3.44. The molecule has 1 amide bonds. The molecule has 1 aromatic rings. The molecule has 1 atom stereocenters. The van der Waals surface area contributed by atoms with Crippen LogP contribution in [0.1, 0.15) is 54.8 Å². The third-order valence-corrected chi connectivity index (χ3v) is 4.63. The van der Waals surface area contributed by atoms with Crippen LogP contribution in [0.2, 0.25) is 0 Å². The second-order valence-electron chi connectivity index (χ2n) is 6.23. The fraction of sp³-hybridized carbons (Fsp3) is 0.588. The quantitative estimate of drug-likeness (QED) is 0.869. The molecule has 3 rings (SSSR count). The predicted molar refractivity (Wildman–Crippen MR) is 80.3 cm³/mol. The first-order valence-corrected chi connectivity index (χ1v) is 7.84. The number of hydrogen-bond donors (Lipinski definition) is 2. The zero-order valence-electron chi connectivity index (χ0n) is 12.2. The van der Waals surface area contributed by atoms with E-state index in [1.54, 1.807) is 0 Å². The molecule has 1 unspecified atom stereocenters. The van der Waals surface area contributed by atoms with Crippen molar-refractivity contribution in [1.29, 1.82) is 0 Å². The molecule has 1 aromatic carbocycles. The topological polar surface area (TPSA) is 41.1 Å². The van der Waals surface area contributed by atoms with Gasteiger partial charge in [-0.25, -0.2) is 0 Å². The first kappa shape index (κ1) is 13.6. The lowest BCUT2D eigenvalue weighted by Crippen LogP contribution is -2.42. The Morgan fingerprint density at radius 3 is 2.85 bits per heavy atom. The Kier molecular flexibility index (Phi) is 4.06. The first-order valence-electron chi connectivity index (χ1n) is 7.84. The smallest absolute Gasteiger partial charge is 0.223 e. The number of carbonyl (C=O) groups is 1. The molecule has 2 aliphatic rings. The molecule has 1 heterocycles. The zero-order chi connectivity index (χ0) is 13.9. The van der Waals surface area contributed by atoms with E-state index in [0.717, 1.165) is 25.9 Å². The molecule has 0 bridgehead atoms. The molecule has 1 aliphatic heterocycles. The maximum atomic E-state index is 12.4. The number of carbonyl (C=O) groups excluding carboxylic acids is 1. The van der Waals surface area contributed by atoms with Crippen molar-refractivity contribution in [3.63, 3.8) is 0 Å². The van der Waals surface area contributed by atoms with Gasteiger partial charge in [-0.05, 0) is 30.9 Å². The standard InChI is InChI=1S/C17H24N2O/c1-12-7-8-14-10-18-11-16(15(14)9-12)19-17(20)13-5-3-2-4-6-13/h7-9,13,16,18H,2-6,10-11H2,1H3,(H,19,20). The second-order valence-corrected chi connectivity index (χ2v) is 6.23. The summed E-state index contributed by atoms with van der Waals surface area (Å²) in [5.41, 5.74) is 3.88. The highest BCUT2D eigenvalue weighted by atomic mass is 16.1. The van der Waals surface area contributed by atoms with Gasteiger partial charge in [0.05, 0.1) is 6.04 Å². The largest absolute Gasteiger partial charge is 0.348 e. The summed E-state index contributed by atoms with van der Waals surface area (Å²) in [6.07, 6.45) is 5.82. The molecule has 1 saturated carbocycles. The molecule has 2 N–H and O–H groups in total. The van der Waals surface area contributed by atoms with Crippen LogP contribution in [-0.4, -0.2) is 12.5 Å². The Morgan fingerprint density at radius 2 is 2.05 bits per heavy atom. The van der Waals surface area contributed by atoms with E-state index in [2.05, 4.69) is 35.8 Å². The Hall–Kier alpha value is -1.35. The maximum Gasteiger partial charge on any atom is 0.223 e. The number of fused-ring (bicyclic) bond motifs is 1. The van der Waals surface area contributed by atoms with Crippen LogP contribution in [0, 0.1) is 12.8 Å². The van der Waals surface area contributed by atoms with E-state index < -0.39 is 0 Å². The van der Waals surface area contributed by atoms with Crippen molar-refractivity contribution < 1.29 is 4.79 Å². The minimum Gasteiger partial charge on any atom is -0.348 e. The van der Waals surface area contributed by atoms with Crippen molar-refractivity contribution in [2.75, 3.05) is 6.54 Å². The molecule has 20 heavy (non-hydrogen) atoms. The van der Waals surface area contributed by atoms with Gasteiger partial charge in [0.2, 0.25) is 5.91 Å². The summed E-state index contributed by atoms with van der Waals surface area (Å²) < 4.78 is 0. The number of aryl methyl sites for hydroxylation is 1. The summed E-state index contributed by atoms with van der Waals surface area (Å²) in [6, 6.07) is 6.68. The SMILES string of the molecule is Cc1ccc2c(c1)C(NC(=O)C1CCCCC1)CNC2. The molecule has 0 radical (unpaired) electrons. The van der Waals surface area contributed by atoms with Gasteiger partial charge in [0.1, 0.15) is 0 Å². The van der Waals surface area contributed by atoms with Crippen molar-refractivity contribution in [2.24, 2.45) is 5.92 Å². The molecule has 1 aliphatic carbocycles. The van der Waals surface area contributed by atoms with Crippen LogP contribution in [0.25, 0.3) is 0 Å². The van der Waals surface area contributed by atoms with E-state index in [4.69, 9.17) is 0 Å². The number of nitrogens with one attached hydrogen (secondary N) is 2. The monoisotopic (exact) mass is 272 g/mol. The maximum absolute atomic E-state index is 12.4. The molecule has 0 saturated heterocycles. The highest BCUT2D eigenvalue weighted by Crippen LogP contribution is 2.27. The first-order chi connectivity index (χ1) is 9.74. The normalized spacial score (nSPS) is 23.1. The van der Waals surface area contributed by atoms with Crippen molar-refractivity contribution in [1.82, 2.24) is 10.6 Å². The molecular weight excluding hydrogens is 248 g/mol.